The fraction of sp³-hybridized carbons (Fsp3) is 0.286. The molecule has 6 heteroatoms. The van der Waals surface area contributed by atoms with Gasteiger partial charge in [0, 0.05) is 23.8 Å². The molecule has 1 aliphatic heterocycles. The second-order valence-corrected chi connectivity index (χ2v) is 10.6. The number of halogens is 1. The van der Waals surface area contributed by atoms with Gasteiger partial charge in [0.1, 0.15) is 11.6 Å². The summed E-state index contributed by atoms with van der Waals surface area (Å²) in [6.45, 7) is 3.32. The van der Waals surface area contributed by atoms with Crippen LogP contribution in [0, 0.1) is 12.7 Å². The molecule has 0 N–H and O–H groups in total. The molecule has 0 saturated carbocycles. The van der Waals surface area contributed by atoms with E-state index in [9.17, 15) is 9.18 Å². The van der Waals surface area contributed by atoms with E-state index in [4.69, 9.17) is 14.2 Å². The minimum atomic E-state index is -0.270. The Hall–Kier alpha value is -4.16. The van der Waals surface area contributed by atoms with Crippen molar-refractivity contribution < 1.29 is 23.4 Å². The third-order valence-corrected chi connectivity index (χ3v) is 7.82. The molecule has 0 amide bonds. The number of methoxy groups -OCH3 is 2. The Bertz CT molecular complexity index is 1470. The SMILES string of the molecule is COC(=O)C[C@@H]1C[C@@H](OCc2ccccc2)CN1c1ccc(Cc2ccc(-c3cc(OC)ccc3F)cc2C)cc1. The van der Waals surface area contributed by atoms with E-state index >= 15 is 0 Å². The number of carbonyl (C=O) groups excluding carboxylic acids is 1. The van der Waals surface area contributed by atoms with E-state index in [1.165, 1.54) is 24.3 Å². The van der Waals surface area contributed by atoms with Crippen molar-refractivity contribution in [2.24, 2.45) is 0 Å². The van der Waals surface area contributed by atoms with E-state index in [-0.39, 0.29) is 23.9 Å². The summed E-state index contributed by atoms with van der Waals surface area (Å²) in [7, 11) is 3.01. The lowest BCUT2D eigenvalue weighted by Crippen LogP contribution is -2.32. The van der Waals surface area contributed by atoms with Crippen LogP contribution in [0.1, 0.15) is 35.1 Å². The second kappa shape index (κ2) is 13.0. The lowest BCUT2D eigenvalue weighted by Gasteiger charge is -2.26. The fourth-order valence-corrected chi connectivity index (χ4v) is 5.51. The summed E-state index contributed by atoms with van der Waals surface area (Å²) in [4.78, 5) is 14.4. The van der Waals surface area contributed by atoms with Gasteiger partial charge in [-0.25, -0.2) is 4.39 Å². The predicted molar refractivity (Wildman–Crippen MR) is 160 cm³/mol. The maximum Gasteiger partial charge on any atom is 0.307 e. The standard InChI is InChI=1S/C35H36FNO4/c1-24-17-28(33-21-31(39-2)15-16-34(33)36)12-11-27(24)18-25-9-13-29(14-10-25)37-22-32(19-30(37)20-35(38)40-3)41-23-26-7-5-4-6-8-26/h4-17,21,30,32H,18-20,22-23H2,1-3H3/t30-,32+/m0/s1. The molecule has 1 fully saturated rings. The largest absolute Gasteiger partial charge is 0.497 e. The van der Waals surface area contributed by atoms with E-state index in [1.54, 1.807) is 19.2 Å². The van der Waals surface area contributed by atoms with Gasteiger partial charge < -0.3 is 19.1 Å². The topological polar surface area (TPSA) is 48.0 Å². The minimum absolute atomic E-state index is 0.0147. The molecular formula is C35H36FNO4. The van der Waals surface area contributed by atoms with Gasteiger partial charge in [0.2, 0.25) is 0 Å². The van der Waals surface area contributed by atoms with Crippen LogP contribution in [-0.2, 0) is 27.3 Å². The lowest BCUT2D eigenvalue weighted by molar-refractivity contribution is -0.141. The second-order valence-electron chi connectivity index (χ2n) is 10.6. The number of nitrogens with zero attached hydrogens (tertiary/aromatic N) is 1. The Morgan fingerprint density at radius 2 is 1.71 bits per heavy atom. The van der Waals surface area contributed by atoms with Gasteiger partial charge in [-0.2, -0.15) is 0 Å². The molecule has 2 atom stereocenters. The molecule has 5 rings (SSSR count). The van der Waals surface area contributed by atoms with E-state index < -0.39 is 0 Å². The first-order chi connectivity index (χ1) is 19.9. The third-order valence-electron chi connectivity index (χ3n) is 7.82. The molecular weight excluding hydrogens is 517 g/mol. The van der Waals surface area contributed by atoms with Gasteiger partial charge in [-0.3, -0.25) is 4.79 Å². The lowest BCUT2D eigenvalue weighted by atomic mass is 9.95. The first-order valence-corrected chi connectivity index (χ1v) is 13.9. The number of hydrogen-bond donors (Lipinski definition) is 0. The van der Waals surface area contributed by atoms with Gasteiger partial charge in [0.25, 0.3) is 0 Å². The van der Waals surface area contributed by atoms with Gasteiger partial charge in [0.05, 0.1) is 33.4 Å². The zero-order chi connectivity index (χ0) is 28.8. The molecule has 1 aliphatic rings. The molecule has 0 radical (unpaired) electrons. The highest BCUT2D eigenvalue weighted by molar-refractivity contribution is 5.71. The Kier molecular flexibility index (Phi) is 9.00. The van der Waals surface area contributed by atoms with Crippen molar-refractivity contribution in [3.05, 3.63) is 119 Å². The minimum Gasteiger partial charge on any atom is -0.497 e. The van der Waals surface area contributed by atoms with Crippen LogP contribution in [0.3, 0.4) is 0 Å². The number of benzene rings is 4. The Balaban J connectivity index is 1.27. The van der Waals surface area contributed by atoms with Crippen LogP contribution in [0.25, 0.3) is 11.1 Å². The molecule has 1 saturated heterocycles. The highest BCUT2D eigenvalue weighted by Crippen LogP contribution is 2.32. The zero-order valence-corrected chi connectivity index (χ0v) is 23.8. The first kappa shape index (κ1) is 28.4. The summed E-state index contributed by atoms with van der Waals surface area (Å²) < 4.78 is 31.0. The van der Waals surface area contributed by atoms with Crippen molar-refractivity contribution in [2.75, 3.05) is 25.7 Å². The number of aryl methyl sites for hydroxylation is 1. The zero-order valence-electron chi connectivity index (χ0n) is 23.8. The smallest absolute Gasteiger partial charge is 0.307 e. The molecule has 4 aromatic rings. The predicted octanol–water partition coefficient (Wildman–Crippen LogP) is 7.13. The Morgan fingerprint density at radius 1 is 0.927 bits per heavy atom. The molecule has 0 spiro atoms. The molecule has 212 valence electrons. The van der Waals surface area contributed by atoms with Crippen LogP contribution in [0.2, 0.25) is 0 Å². The van der Waals surface area contributed by atoms with Gasteiger partial charge in [-0.05, 0) is 77.9 Å². The summed E-state index contributed by atoms with van der Waals surface area (Å²) in [6.07, 6.45) is 1.88. The van der Waals surface area contributed by atoms with Crippen LogP contribution >= 0.6 is 0 Å². The van der Waals surface area contributed by atoms with Crippen LogP contribution in [0.15, 0.2) is 91.0 Å². The van der Waals surface area contributed by atoms with Crippen LogP contribution < -0.4 is 9.64 Å². The number of ether oxygens (including phenoxy) is 3. The Morgan fingerprint density at radius 3 is 2.41 bits per heavy atom. The van der Waals surface area contributed by atoms with Crippen molar-refractivity contribution >= 4 is 11.7 Å². The monoisotopic (exact) mass is 553 g/mol. The van der Waals surface area contributed by atoms with Crippen molar-refractivity contribution in [1.82, 2.24) is 0 Å². The van der Waals surface area contributed by atoms with Gasteiger partial charge in [0.15, 0.2) is 0 Å². The van der Waals surface area contributed by atoms with Gasteiger partial charge in [-0.15, -0.1) is 0 Å². The van der Waals surface area contributed by atoms with Crippen molar-refractivity contribution in [3.63, 3.8) is 0 Å². The molecule has 0 aromatic heterocycles. The van der Waals surface area contributed by atoms with Crippen molar-refractivity contribution in [2.45, 2.75) is 44.9 Å². The number of rotatable bonds is 10. The normalized spacial score (nSPS) is 16.5. The van der Waals surface area contributed by atoms with Crippen LogP contribution in [0.4, 0.5) is 10.1 Å². The number of anilines is 1. The maximum absolute atomic E-state index is 14.5. The van der Waals surface area contributed by atoms with E-state index in [2.05, 4.69) is 54.3 Å². The molecule has 5 nitrogen and oxygen atoms in total. The van der Waals surface area contributed by atoms with Crippen LogP contribution in [-0.4, -0.2) is 38.9 Å². The highest BCUT2D eigenvalue weighted by atomic mass is 19.1. The average molecular weight is 554 g/mol. The maximum atomic E-state index is 14.5. The number of carbonyl (C=O) groups is 1. The quantitative estimate of drug-likeness (QED) is 0.196. The summed E-state index contributed by atoms with van der Waals surface area (Å²) in [5.74, 6) is 0.144. The molecule has 0 bridgehead atoms. The summed E-state index contributed by atoms with van der Waals surface area (Å²) in [6, 6.07) is 29.5. The van der Waals surface area contributed by atoms with E-state index in [0.717, 1.165) is 41.8 Å². The number of hydrogen-bond acceptors (Lipinski definition) is 5. The molecule has 1 heterocycles. The average Bonchev–Trinajstić information content (AvgIpc) is 3.40. The van der Waals surface area contributed by atoms with E-state index in [1.807, 2.05) is 30.3 Å². The van der Waals surface area contributed by atoms with Crippen molar-refractivity contribution in [1.29, 1.82) is 0 Å². The Labute approximate surface area is 241 Å². The molecule has 0 aliphatic carbocycles. The summed E-state index contributed by atoms with van der Waals surface area (Å²) in [5, 5.41) is 0. The number of esters is 1. The first-order valence-electron chi connectivity index (χ1n) is 13.9. The molecule has 41 heavy (non-hydrogen) atoms. The fourth-order valence-electron chi connectivity index (χ4n) is 5.51. The molecule has 0 unspecified atom stereocenters. The van der Waals surface area contributed by atoms with Crippen LogP contribution in [0.5, 0.6) is 5.75 Å². The summed E-state index contributed by atoms with van der Waals surface area (Å²) >= 11 is 0. The van der Waals surface area contributed by atoms with E-state index in [0.29, 0.717) is 24.3 Å². The van der Waals surface area contributed by atoms with Crippen molar-refractivity contribution in [3.8, 4) is 16.9 Å². The third kappa shape index (κ3) is 6.95. The molecule has 4 aromatic carbocycles. The summed E-state index contributed by atoms with van der Waals surface area (Å²) in [5.41, 5.74) is 7.02. The van der Waals surface area contributed by atoms with Gasteiger partial charge in [-0.1, -0.05) is 60.7 Å². The highest BCUT2D eigenvalue weighted by Gasteiger charge is 2.34. The van der Waals surface area contributed by atoms with Gasteiger partial charge >= 0.3 is 5.97 Å².